The van der Waals surface area contributed by atoms with E-state index in [4.69, 9.17) is 4.74 Å². The van der Waals surface area contributed by atoms with Gasteiger partial charge in [-0.25, -0.2) is 14.6 Å². The third-order valence-corrected chi connectivity index (χ3v) is 6.29. The van der Waals surface area contributed by atoms with E-state index in [-0.39, 0.29) is 11.8 Å². The Hall–Kier alpha value is -3.94. The molecule has 1 aliphatic heterocycles. The summed E-state index contributed by atoms with van der Waals surface area (Å²) in [6.45, 7) is 4.01. The zero-order valence-electron chi connectivity index (χ0n) is 19.4. The summed E-state index contributed by atoms with van der Waals surface area (Å²) in [6, 6.07) is 16.0. The lowest BCUT2D eigenvalue weighted by Crippen LogP contribution is -2.43. The van der Waals surface area contributed by atoms with Gasteiger partial charge in [0.15, 0.2) is 5.65 Å². The number of carbonyl (C=O) groups excluding carboxylic acids is 1. The number of hydrogen-bond acceptors (Lipinski definition) is 6. The molecule has 4 aromatic rings. The molecule has 1 amide bonds. The Balaban J connectivity index is 1.31. The average molecular weight is 457 g/mol. The van der Waals surface area contributed by atoms with Gasteiger partial charge < -0.3 is 15.0 Å². The molecule has 1 fully saturated rings. The summed E-state index contributed by atoms with van der Waals surface area (Å²) in [6.07, 6.45) is 5.31. The summed E-state index contributed by atoms with van der Waals surface area (Å²) in [5, 5.41) is 8.63. The fourth-order valence-corrected chi connectivity index (χ4v) is 4.41. The van der Waals surface area contributed by atoms with Crippen LogP contribution in [0.25, 0.3) is 16.7 Å². The Morgan fingerprint density at radius 2 is 2.03 bits per heavy atom. The zero-order chi connectivity index (χ0) is 23.5. The summed E-state index contributed by atoms with van der Waals surface area (Å²) in [5.41, 5.74) is 3.84. The maximum absolute atomic E-state index is 13.0. The van der Waals surface area contributed by atoms with Crippen LogP contribution >= 0.6 is 0 Å². The number of amides is 1. The maximum atomic E-state index is 13.0. The number of methoxy groups -OCH3 is 1. The van der Waals surface area contributed by atoms with Crippen LogP contribution in [0, 0.1) is 12.8 Å². The van der Waals surface area contributed by atoms with Crippen LogP contribution < -0.4 is 15.0 Å². The van der Waals surface area contributed by atoms with Gasteiger partial charge in [0, 0.05) is 25.8 Å². The number of fused-ring (bicyclic) bond motifs is 1. The lowest BCUT2D eigenvalue weighted by molar-refractivity contribution is -0.125. The Kier molecular flexibility index (Phi) is 6.12. The van der Waals surface area contributed by atoms with E-state index in [0.717, 1.165) is 47.6 Å². The smallest absolute Gasteiger partial charge is 0.225 e. The second-order valence-electron chi connectivity index (χ2n) is 8.70. The van der Waals surface area contributed by atoms with E-state index < -0.39 is 0 Å². The number of nitrogens with zero attached hydrogens (tertiary/aromatic N) is 5. The number of anilines is 1. The second kappa shape index (κ2) is 9.51. The van der Waals surface area contributed by atoms with Crippen LogP contribution in [0.1, 0.15) is 24.0 Å². The summed E-state index contributed by atoms with van der Waals surface area (Å²) in [5.74, 6) is 1.58. The fourth-order valence-electron chi connectivity index (χ4n) is 4.41. The van der Waals surface area contributed by atoms with Crippen LogP contribution in [0.4, 0.5) is 5.82 Å². The molecule has 0 spiro atoms. The van der Waals surface area contributed by atoms with Crippen molar-refractivity contribution in [1.29, 1.82) is 0 Å². The maximum Gasteiger partial charge on any atom is 0.225 e. The van der Waals surface area contributed by atoms with Gasteiger partial charge in [-0.2, -0.15) is 0 Å². The predicted octanol–water partition coefficient (Wildman–Crippen LogP) is 3.67. The van der Waals surface area contributed by atoms with Crippen molar-refractivity contribution in [2.45, 2.75) is 26.3 Å². The molecule has 1 aliphatic rings. The van der Waals surface area contributed by atoms with Crippen LogP contribution in [-0.4, -0.2) is 45.9 Å². The highest BCUT2D eigenvalue weighted by atomic mass is 16.5. The second-order valence-corrected chi connectivity index (χ2v) is 8.70. The van der Waals surface area contributed by atoms with E-state index in [1.54, 1.807) is 13.4 Å². The number of ether oxygens (including phenoxy) is 1. The third-order valence-electron chi connectivity index (χ3n) is 6.29. The van der Waals surface area contributed by atoms with Gasteiger partial charge in [-0.05, 0) is 49.6 Å². The lowest BCUT2D eigenvalue weighted by Gasteiger charge is -2.33. The molecule has 174 valence electrons. The predicted molar refractivity (Wildman–Crippen MR) is 131 cm³/mol. The number of aromatic nitrogens is 4. The molecule has 0 unspecified atom stereocenters. The minimum atomic E-state index is -0.100. The van der Waals surface area contributed by atoms with Crippen LogP contribution in [0.3, 0.4) is 0 Å². The molecule has 0 radical (unpaired) electrons. The molecule has 8 nitrogen and oxygen atoms in total. The van der Waals surface area contributed by atoms with Crippen molar-refractivity contribution in [3.8, 4) is 11.4 Å². The molecule has 1 N–H and O–H groups in total. The van der Waals surface area contributed by atoms with Crippen LogP contribution in [-0.2, 0) is 11.3 Å². The first-order valence-corrected chi connectivity index (χ1v) is 11.5. The summed E-state index contributed by atoms with van der Waals surface area (Å²) < 4.78 is 7.11. The van der Waals surface area contributed by atoms with Crippen molar-refractivity contribution in [3.05, 3.63) is 72.2 Å². The van der Waals surface area contributed by atoms with E-state index in [1.165, 1.54) is 5.56 Å². The minimum absolute atomic E-state index is 0.0631. The summed E-state index contributed by atoms with van der Waals surface area (Å²) in [4.78, 5) is 24.1. The van der Waals surface area contributed by atoms with E-state index in [0.29, 0.717) is 18.7 Å². The first-order valence-electron chi connectivity index (χ1n) is 11.5. The number of nitrogens with one attached hydrogen (secondary N) is 1. The average Bonchev–Trinajstić information content (AvgIpc) is 3.32. The van der Waals surface area contributed by atoms with Crippen LogP contribution in [0.15, 0.2) is 61.1 Å². The highest BCUT2D eigenvalue weighted by molar-refractivity contribution is 5.87. The molecular formula is C26H28N6O2. The number of rotatable bonds is 6. The Bertz CT molecular complexity index is 1300. The van der Waals surface area contributed by atoms with E-state index in [1.807, 2.05) is 47.3 Å². The number of piperidine rings is 1. The standard InChI is InChI=1S/C26H28N6O2/c1-18-8-10-21(11-9-18)32-16-23-24(30-32)28-17-29-25(23)31-12-4-6-20(15-31)26(33)27-14-19-5-3-7-22(13-19)34-2/h3,5,7-11,13,16-17,20H,4,6,12,14-15H2,1-2H3,(H,27,33)/t20-/m1/s1. The van der Waals surface area contributed by atoms with Gasteiger partial charge in [0.05, 0.1) is 24.1 Å². The normalized spacial score (nSPS) is 15.9. The molecule has 1 saturated heterocycles. The highest BCUT2D eigenvalue weighted by Crippen LogP contribution is 2.28. The molecule has 0 aliphatic carbocycles. The molecule has 5 rings (SSSR count). The van der Waals surface area contributed by atoms with Crippen molar-refractivity contribution in [3.63, 3.8) is 0 Å². The van der Waals surface area contributed by atoms with Gasteiger partial charge in [0.1, 0.15) is 17.9 Å². The van der Waals surface area contributed by atoms with Crippen molar-refractivity contribution in [2.75, 3.05) is 25.1 Å². The molecular weight excluding hydrogens is 428 g/mol. The van der Waals surface area contributed by atoms with Crippen molar-refractivity contribution >= 4 is 22.8 Å². The lowest BCUT2D eigenvalue weighted by atomic mass is 9.97. The van der Waals surface area contributed by atoms with Gasteiger partial charge in [-0.3, -0.25) is 4.79 Å². The first kappa shape index (κ1) is 21.9. The molecule has 3 heterocycles. The van der Waals surface area contributed by atoms with Gasteiger partial charge >= 0.3 is 0 Å². The molecule has 34 heavy (non-hydrogen) atoms. The Morgan fingerprint density at radius 3 is 2.85 bits per heavy atom. The Labute approximate surface area is 198 Å². The minimum Gasteiger partial charge on any atom is -0.497 e. The highest BCUT2D eigenvalue weighted by Gasteiger charge is 2.28. The number of benzene rings is 2. The number of aryl methyl sites for hydroxylation is 1. The van der Waals surface area contributed by atoms with E-state index in [2.05, 4.69) is 44.3 Å². The van der Waals surface area contributed by atoms with Gasteiger partial charge in [0.2, 0.25) is 5.91 Å². The Morgan fingerprint density at radius 1 is 1.18 bits per heavy atom. The molecule has 2 aromatic carbocycles. The van der Waals surface area contributed by atoms with E-state index in [9.17, 15) is 4.79 Å². The SMILES string of the molecule is COc1cccc(CNC(=O)[C@@H]2CCCN(c3ncnc4nn(-c5ccc(C)cc5)cc34)C2)c1. The van der Waals surface area contributed by atoms with Crippen molar-refractivity contribution < 1.29 is 9.53 Å². The topological polar surface area (TPSA) is 85.2 Å². The van der Waals surface area contributed by atoms with Crippen LogP contribution in [0.5, 0.6) is 5.75 Å². The van der Waals surface area contributed by atoms with Crippen LogP contribution in [0.2, 0.25) is 0 Å². The number of carbonyl (C=O) groups is 1. The molecule has 0 bridgehead atoms. The zero-order valence-corrected chi connectivity index (χ0v) is 19.4. The van der Waals surface area contributed by atoms with Gasteiger partial charge in [0.25, 0.3) is 0 Å². The van der Waals surface area contributed by atoms with Crippen molar-refractivity contribution in [2.24, 2.45) is 5.92 Å². The van der Waals surface area contributed by atoms with Gasteiger partial charge in [-0.15, -0.1) is 5.10 Å². The third kappa shape index (κ3) is 4.57. The molecule has 2 aromatic heterocycles. The van der Waals surface area contributed by atoms with E-state index >= 15 is 0 Å². The first-order chi connectivity index (χ1) is 16.6. The number of hydrogen-bond donors (Lipinski definition) is 1. The monoisotopic (exact) mass is 456 g/mol. The van der Waals surface area contributed by atoms with Crippen molar-refractivity contribution in [1.82, 2.24) is 25.1 Å². The molecule has 8 heteroatoms. The van der Waals surface area contributed by atoms with Gasteiger partial charge in [-0.1, -0.05) is 29.8 Å². The largest absolute Gasteiger partial charge is 0.497 e. The summed E-state index contributed by atoms with van der Waals surface area (Å²) >= 11 is 0. The fraction of sp³-hybridized carbons (Fsp3) is 0.308. The quantitative estimate of drug-likeness (QED) is 0.477. The molecule has 0 saturated carbocycles. The molecule has 1 atom stereocenters. The summed E-state index contributed by atoms with van der Waals surface area (Å²) in [7, 11) is 1.64.